The predicted molar refractivity (Wildman–Crippen MR) is 77.2 cm³/mol. The Hall–Kier alpha value is -1.19. The van der Waals surface area contributed by atoms with Crippen molar-refractivity contribution in [2.45, 2.75) is 18.0 Å². The molecule has 0 bridgehead atoms. The fraction of sp³-hybridized carbons (Fsp3) is 0.417. The van der Waals surface area contributed by atoms with Crippen molar-refractivity contribution in [3.63, 3.8) is 0 Å². The lowest BCUT2D eigenvalue weighted by Crippen LogP contribution is -2.36. The van der Waals surface area contributed by atoms with Gasteiger partial charge in [-0.3, -0.25) is 0 Å². The molecule has 4 nitrogen and oxygen atoms in total. The van der Waals surface area contributed by atoms with Crippen LogP contribution in [0.25, 0.3) is 0 Å². The Morgan fingerprint density at radius 2 is 1.90 bits per heavy atom. The number of hydrogen-bond donors (Lipinski definition) is 1. The lowest BCUT2D eigenvalue weighted by atomic mass is 10.2. The molecule has 0 aliphatic rings. The number of halogens is 3. The molecule has 2 N–H and O–H groups in total. The molecule has 0 aromatic heterocycles. The van der Waals surface area contributed by atoms with Crippen LogP contribution >= 0.6 is 12.2 Å². The van der Waals surface area contributed by atoms with Gasteiger partial charge in [0.25, 0.3) is 0 Å². The summed E-state index contributed by atoms with van der Waals surface area (Å²) in [6.45, 7) is 1.51. The first-order valence-electron chi connectivity index (χ1n) is 5.89. The van der Waals surface area contributed by atoms with Crippen LogP contribution in [-0.2, 0) is 16.2 Å². The monoisotopic (exact) mass is 340 g/mol. The summed E-state index contributed by atoms with van der Waals surface area (Å²) >= 11 is 4.74. The van der Waals surface area contributed by atoms with E-state index < -0.39 is 32.6 Å². The highest BCUT2D eigenvalue weighted by Crippen LogP contribution is 2.34. The summed E-state index contributed by atoms with van der Waals surface area (Å²) in [5.74, 6) is -0.446. The number of thiocarbonyl (C=S) groups is 1. The van der Waals surface area contributed by atoms with Crippen LogP contribution < -0.4 is 5.73 Å². The summed E-state index contributed by atoms with van der Waals surface area (Å²) in [5.41, 5.74) is 4.20. The number of nitrogens with two attached hydrogens (primary N) is 1. The van der Waals surface area contributed by atoms with E-state index in [1.165, 1.54) is 13.1 Å². The normalized spacial score (nSPS) is 14.2. The van der Waals surface area contributed by atoms with Crippen LogP contribution in [0.5, 0.6) is 0 Å². The third kappa shape index (κ3) is 4.14. The van der Waals surface area contributed by atoms with Crippen molar-refractivity contribution >= 4 is 27.2 Å². The second-order valence-electron chi connectivity index (χ2n) is 4.58. The minimum atomic E-state index is -4.75. The van der Waals surface area contributed by atoms with Crippen LogP contribution in [0.15, 0.2) is 29.2 Å². The van der Waals surface area contributed by atoms with Gasteiger partial charge in [0.1, 0.15) is 0 Å². The molecule has 0 radical (unpaired) electrons. The number of alkyl halides is 3. The van der Waals surface area contributed by atoms with E-state index in [2.05, 4.69) is 0 Å². The Balaban J connectivity index is 3.23. The number of nitrogens with zero attached hydrogens (tertiary/aromatic N) is 1. The first-order valence-corrected chi connectivity index (χ1v) is 7.74. The van der Waals surface area contributed by atoms with E-state index in [9.17, 15) is 21.6 Å². The van der Waals surface area contributed by atoms with Gasteiger partial charge in [0.2, 0.25) is 10.0 Å². The van der Waals surface area contributed by atoms with Crippen LogP contribution in [0.1, 0.15) is 12.5 Å². The van der Waals surface area contributed by atoms with Crippen LogP contribution in [-0.4, -0.2) is 31.3 Å². The summed E-state index contributed by atoms with van der Waals surface area (Å²) in [6.07, 6.45) is -4.75. The van der Waals surface area contributed by atoms with Gasteiger partial charge in [-0.2, -0.15) is 13.2 Å². The van der Waals surface area contributed by atoms with Gasteiger partial charge < -0.3 is 5.73 Å². The third-order valence-electron chi connectivity index (χ3n) is 2.90. The second-order valence-corrected chi connectivity index (χ2v) is 7.07. The molecule has 0 amide bonds. The molecule has 118 valence electrons. The van der Waals surface area contributed by atoms with Gasteiger partial charge in [0.15, 0.2) is 0 Å². The molecule has 0 fully saturated rings. The van der Waals surface area contributed by atoms with E-state index in [1.54, 1.807) is 6.92 Å². The number of rotatable bonds is 5. The van der Waals surface area contributed by atoms with Crippen molar-refractivity contribution in [2.75, 3.05) is 13.6 Å². The Bertz CT molecular complexity index is 630. The molecule has 1 atom stereocenters. The molecule has 0 heterocycles. The largest absolute Gasteiger partial charge is 0.417 e. The lowest BCUT2D eigenvalue weighted by molar-refractivity contribution is -0.139. The molecule has 21 heavy (non-hydrogen) atoms. The summed E-state index contributed by atoms with van der Waals surface area (Å²) < 4.78 is 64.1. The molecule has 1 aromatic carbocycles. The summed E-state index contributed by atoms with van der Waals surface area (Å²) in [6, 6.07) is 4.05. The highest BCUT2D eigenvalue weighted by molar-refractivity contribution is 7.89. The van der Waals surface area contributed by atoms with Crippen LogP contribution in [0, 0.1) is 5.92 Å². The van der Waals surface area contributed by atoms with Gasteiger partial charge in [-0.1, -0.05) is 31.3 Å². The van der Waals surface area contributed by atoms with Crippen LogP contribution in [0.4, 0.5) is 13.2 Å². The second kappa shape index (κ2) is 6.29. The molecule has 0 saturated carbocycles. The fourth-order valence-electron chi connectivity index (χ4n) is 1.67. The number of hydrogen-bond acceptors (Lipinski definition) is 3. The maximum absolute atomic E-state index is 12.9. The maximum atomic E-state index is 12.9. The zero-order chi connectivity index (χ0) is 16.4. The molecule has 0 aliphatic carbocycles. The van der Waals surface area contributed by atoms with Crippen LogP contribution in [0.3, 0.4) is 0 Å². The highest BCUT2D eigenvalue weighted by Gasteiger charge is 2.38. The van der Waals surface area contributed by atoms with Crippen molar-refractivity contribution < 1.29 is 21.6 Å². The summed E-state index contributed by atoms with van der Waals surface area (Å²) in [4.78, 5) is -0.684. The highest BCUT2D eigenvalue weighted by atomic mass is 32.2. The van der Waals surface area contributed by atoms with Crippen molar-refractivity contribution in [3.05, 3.63) is 29.8 Å². The van der Waals surface area contributed by atoms with E-state index in [0.717, 1.165) is 22.5 Å². The Morgan fingerprint density at radius 1 is 1.38 bits per heavy atom. The van der Waals surface area contributed by atoms with Gasteiger partial charge in [-0.05, 0) is 12.1 Å². The van der Waals surface area contributed by atoms with Gasteiger partial charge in [0, 0.05) is 19.5 Å². The van der Waals surface area contributed by atoms with E-state index >= 15 is 0 Å². The predicted octanol–water partition coefficient (Wildman–Crippen LogP) is 2.25. The molecule has 1 unspecified atom stereocenters. The van der Waals surface area contributed by atoms with Gasteiger partial charge >= 0.3 is 6.18 Å². The molecule has 1 aromatic rings. The summed E-state index contributed by atoms with van der Waals surface area (Å²) in [5, 5.41) is 0. The topological polar surface area (TPSA) is 63.4 Å². The first-order chi connectivity index (χ1) is 9.48. The number of sulfonamides is 1. The Kier molecular flexibility index (Phi) is 5.35. The standard InChI is InChI=1S/C12H15F3N2O2S2/c1-8(11(16)20)7-17(2)21(18,19)10-6-4-3-5-9(10)12(13,14)15/h3-6,8H,7H2,1-2H3,(H2,16,20). The smallest absolute Gasteiger partial charge is 0.393 e. The zero-order valence-corrected chi connectivity index (χ0v) is 13.0. The Labute approximate surface area is 126 Å². The molecule has 1 rings (SSSR count). The van der Waals surface area contributed by atoms with Crippen molar-refractivity contribution in [3.8, 4) is 0 Å². The maximum Gasteiger partial charge on any atom is 0.417 e. The van der Waals surface area contributed by atoms with Gasteiger partial charge in [-0.25, -0.2) is 12.7 Å². The Morgan fingerprint density at radius 3 is 2.38 bits per heavy atom. The molecular weight excluding hydrogens is 325 g/mol. The van der Waals surface area contributed by atoms with Crippen molar-refractivity contribution in [2.24, 2.45) is 11.7 Å². The molecule has 0 saturated heterocycles. The number of benzene rings is 1. The SMILES string of the molecule is CC(CN(C)S(=O)(=O)c1ccccc1C(F)(F)F)C(N)=S. The first kappa shape index (κ1) is 17.9. The minimum Gasteiger partial charge on any atom is -0.393 e. The molecule has 0 aliphatic heterocycles. The average Bonchev–Trinajstić information content (AvgIpc) is 2.37. The minimum absolute atomic E-state index is 0.0934. The van der Waals surface area contributed by atoms with E-state index in [0.29, 0.717) is 0 Å². The lowest BCUT2D eigenvalue weighted by Gasteiger charge is -2.22. The van der Waals surface area contributed by atoms with E-state index in [1.807, 2.05) is 0 Å². The molecule has 9 heteroatoms. The van der Waals surface area contributed by atoms with Crippen LogP contribution in [0.2, 0.25) is 0 Å². The van der Waals surface area contributed by atoms with Crippen molar-refractivity contribution in [1.29, 1.82) is 0 Å². The van der Waals surface area contributed by atoms with Gasteiger partial charge in [-0.15, -0.1) is 0 Å². The van der Waals surface area contributed by atoms with Gasteiger partial charge in [0.05, 0.1) is 15.4 Å². The van der Waals surface area contributed by atoms with E-state index in [4.69, 9.17) is 18.0 Å². The average molecular weight is 340 g/mol. The fourth-order valence-corrected chi connectivity index (χ4v) is 3.21. The quantitative estimate of drug-likeness (QED) is 0.835. The van der Waals surface area contributed by atoms with Crippen molar-refractivity contribution in [1.82, 2.24) is 4.31 Å². The third-order valence-corrected chi connectivity index (χ3v) is 5.18. The zero-order valence-electron chi connectivity index (χ0n) is 11.4. The molecule has 0 spiro atoms. The summed E-state index contributed by atoms with van der Waals surface area (Å²) in [7, 11) is -3.09. The van der Waals surface area contributed by atoms with E-state index in [-0.39, 0.29) is 11.5 Å². The molecular formula is C12H15F3N2O2S2.